The smallest absolute Gasteiger partial charge is 0.0556 e. The second-order valence-corrected chi connectivity index (χ2v) is 4.22. The number of hydrogen-bond donors (Lipinski definition) is 0. The molecule has 0 N–H and O–H groups in total. The van der Waals surface area contributed by atoms with E-state index >= 15 is 0 Å². The van der Waals surface area contributed by atoms with Crippen LogP contribution in [0, 0.1) is 0 Å². The molecule has 0 radical (unpaired) electrons. The fraction of sp³-hybridized carbons (Fsp3) is 1.00. The zero-order valence-corrected chi connectivity index (χ0v) is 9.83. The molecule has 0 unspecified atom stereocenters. The van der Waals surface area contributed by atoms with E-state index in [1.165, 1.54) is 0 Å². The second kappa shape index (κ2) is 12.6. The van der Waals surface area contributed by atoms with Crippen molar-refractivity contribution in [3.05, 3.63) is 0 Å². The van der Waals surface area contributed by atoms with Gasteiger partial charge in [-0.15, -0.1) is 11.6 Å². The minimum absolute atomic E-state index is 0.766. The number of rotatable bonds is 10. The Balaban J connectivity index is 2.76. The van der Waals surface area contributed by atoms with E-state index in [4.69, 9.17) is 21.1 Å². The van der Waals surface area contributed by atoms with Gasteiger partial charge in [-0.3, -0.25) is 0 Å². The van der Waals surface area contributed by atoms with Crippen molar-refractivity contribution in [3.63, 3.8) is 0 Å². The van der Waals surface area contributed by atoms with Crippen molar-refractivity contribution in [3.8, 4) is 0 Å². The van der Waals surface area contributed by atoms with E-state index in [1.54, 1.807) is 7.11 Å². The van der Waals surface area contributed by atoms with E-state index in [9.17, 15) is 0 Å². The van der Waals surface area contributed by atoms with Crippen LogP contribution >= 0.6 is 23.4 Å². The lowest BCUT2D eigenvalue weighted by Crippen LogP contribution is -2.02. The minimum Gasteiger partial charge on any atom is -0.385 e. The summed E-state index contributed by atoms with van der Waals surface area (Å²) in [5.74, 6) is 2.98. The lowest BCUT2D eigenvalue weighted by atomic mass is 10.5. The Kier molecular flexibility index (Phi) is 13.1. The molecule has 0 atom stereocenters. The van der Waals surface area contributed by atoms with Gasteiger partial charge >= 0.3 is 0 Å². The third kappa shape index (κ3) is 12.6. The molecule has 0 spiro atoms. The molecule has 0 aliphatic rings. The van der Waals surface area contributed by atoms with Gasteiger partial charge in [0.2, 0.25) is 0 Å². The number of thioether (sulfide) groups is 1. The zero-order valence-electron chi connectivity index (χ0n) is 8.26. The summed E-state index contributed by atoms with van der Waals surface area (Å²) in [6.07, 6.45) is 2.08. The van der Waals surface area contributed by atoms with Gasteiger partial charge in [0.1, 0.15) is 0 Å². The predicted octanol–water partition coefficient (Wildman–Crippen LogP) is 2.40. The monoisotopic (exact) mass is 226 g/mol. The van der Waals surface area contributed by atoms with Crippen LogP contribution in [0.1, 0.15) is 12.8 Å². The van der Waals surface area contributed by atoms with E-state index in [1.807, 2.05) is 11.8 Å². The molecule has 80 valence electrons. The van der Waals surface area contributed by atoms with Crippen molar-refractivity contribution in [2.24, 2.45) is 0 Å². The van der Waals surface area contributed by atoms with Crippen LogP contribution in [0.3, 0.4) is 0 Å². The van der Waals surface area contributed by atoms with E-state index in [2.05, 4.69) is 0 Å². The molecule has 2 nitrogen and oxygen atoms in total. The maximum Gasteiger partial charge on any atom is 0.0556 e. The molecule has 0 rings (SSSR count). The Bertz CT molecular complexity index is 83.7. The Morgan fingerprint density at radius 3 is 2.62 bits per heavy atom. The Morgan fingerprint density at radius 1 is 1.08 bits per heavy atom. The molecule has 0 heterocycles. The van der Waals surface area contributed by atoms with Gasteiger partial charge < -0.3 is 9.47 Å². The predicted molar refractivity (Wildman–Crippen MR) is 60.0 cm³/mol. The fourth-order valence-electron chi connectivity index (χ4n) is 0.784. The highest BCUT2D eigenvalue weighted by Crippen LogP contribution is 2.02. The Morgan fingerprint density at radius 2 is 1.92 bits per heavy atom. The van der Waals surface area contributed by atoms with Crippen molar-refractivity contribution in [2.45, 2.75) is 12.8 Å². The topological polar surface area (TPSA) is 18.5 Å². The third-order valence-corrected chi connectivity index (χ3v) is 2.73. The highest BCUT2D eigenvalue weighted by atomic mass is 35.5. The van der Waals surface area contributed by atoms with Crippen molar-refractivity contribution >= 4 is 23.4 Å². The quantitative estimate of drug-likeness (QED) is 0.421. The summed E-state index contributed by atoms with van der Waals surface area (Å²) in [7, 11) is 1.71. The van der Waals surface area contributed by atoms with Crippen LogP contribution in [-0.4, -0.2) is 44.3 Å². The minimum atomic E-state index is 0.766. The van der Waals surface area contributed by atoms with Gasteiger partial charge in [-0.2, -0.15) is 11.8 Å². The molecule has 0 aromatic rings. The van der Waals surface area contributed by atoms with Crippen LogP contribution < -0.4 is 0 Å². The molecule has 0 saturated heterocycles. The van der Waals surface area contributed by atoms with E-state index < -0.39 is 0 Å². The van der Waals surface area contributed by atoms with Crippen LogP contribution in [0.2, 0.25) is 0 Å². The van der Waals surface area contributed by atoms with Gasteiger partial charge in [-0.1, -0.05) is 0 Å². The van der Waals surface area contributed by atoms with Gasteiger partial charge in [0, 0.05) is 32.0 Å². The van der Waals surface area contributed by atoms with Crippen molar-refractivity contribution < 1.29 is 9.47 Å². The Hall–Kier alpha value is 0.560. The summed E-state index contributed by atoms with van der Waals surface area (Å²) < 4.78 is 10.3. The average molecular weight is 227 g/mol. The molecule has 0 aliphatic heterocycles. The zero-order chi connectivity index (χ0) is 9.78. The van der Waals surface area contributed by atoms with Gasteiger partial charge in [0.05, 0.1) is 6.61 Å². The van der Waals surface area contributed by atoms with Crippen molar-refractivity contribution in [1.82, 2.24) is 0 Å². The number of alkyl halides is 1. The van der Waals surface area contributed by atoms with Gasteiger partial charge in [0.15, 0.2) is 0 Å². The molecule has 4 heteroatoms. The first-order valence-electron chi connectivity index (χ1n) is 4.62. The maximum atomic E-state index is 5.54. The average Bonchev–Trinajstić information content (AvgIpc) is 2.16. The maximum absolute atomic E-state index is 5.54. The molecular formula is C9H19ClO2S. The molecule has 0 aliphatic carbocycles. The molecule has 0 aromatic carbocycles. The van der Waals surface area contributed by atoms with Crippen LogP contribution in [0.5, 0.6) is 0 Å². The standard InChI is InChI=1S/C9H19ClO2S/c1-11-5-3-6-12-7-9-13-8-2-4-10/h2-9H2,1H3. The number of halogens is 1. The number of methoxy groups -OCH3 is 1. The molecular weight excluding hydrogens is 208 g/mol. The third-order valence-electron chi connectivity index (χ3n) is 1.43. The Labute approximate surface area is 90.3 Å². The molecule has 13 heavy (non-hydrogen) atoms. The summed E-state index contributed by atoms with van der Waals surface area (Å²) >= 11 is 7.44. The van der Waals surface area contributed by atoms with Crippen molar-refractivity contribution in [1.29, 1.82) is 0 Å². The highest BCUT2D eigenvalue weighted by molar-refractivity contribution is 7.99. The first-order valence-corrected chi connectivity index (χ1v) is 6.31. The van der Waals surface area contributed by atoms with Gasteiger partial charge in [0.25, 0.3) is 0 Å². The summed E-state index contributed by atoms with van der Waals surface area (Å²) in [4.78, 5) is 0. The van der Waals surface area contributed by atoms with Crippen LogP contribution in [-0.2, 0) is 9.47 Å². The number of ether oxygens (including phenoxy) is 2. The molecule has 0 fully saturated rings. The molecule has 0 saturated carbocycles. The van der Waals surface area contributed by atoms with Gasteiger partial charge in [-0.25, -0.2) is 0 Å². The van der Waals surface area contributed by atoms with Crippen LogP contribution in [0.25, 0.3) is 0 Å². The number of hydrogen-bond acceptors (Lipinski definition) is 3. The first kappa shape index (κ1) is 13.6. The molecule has 0 amide bonds. The molecule has 0 aromatic heterocycles. The van der Waals surface area contributed by atoms with E-state index in [0.29, 0.717) is 0 Å². The summed E-state index contributed by atoms with van der Waals surface area (Å²) in [5.41, 5.74) is 0. The molecule has 0 bridgehead atoms. The summed E-state index contributed by atoms with van der Waals surface area (Å²) in [5, 5.41) is 0. The highest BCUT2D eigenvalue weighted by Gasteiger charge is 1.90. The van der Waals surface area contributed by atoms with Crippen LogP contribution in [0.4, 0.5) is 0 Å². The summed E-state index contributed by atoms with van der Waals surface area (Å²) in [6.45, 7) is 2.44. The summed E-state index contributed by atoms with van der Waals surface area (Å²) in [6, 6.07) is 0. The normalized spacial score (nSPS) is 10.6. The second-order valence-electron chi connectivity index (χ2n) is 2.61. The van der Waals surface area contributed by atoms with Crippen molar-refractivity contribution in [2.75, 3.05) is 44.3 Å². The first-order chi connectivity index (χ1) is 6.41. The van der Waals surface area contributed by atoms with E-state index in [0.717, 1.165) is 50.0 Å². The fourth-order valence-corrected chi connectivity index (χ4v) is 1.86. The largest absolute Gasteiger partial charge is 0.385 e. The van der Waals surface area contributed by atoms with E-state index in [-0.39, 0.29) is 0 Å². The lowest BCUT2D eigenvalue weighted by molar-refractivity contribution is 0.113. The van der Waals surface area contributed by atoms with Crippen LogP contribution in [0.15, 0.2) is 0 Å². The lowest BCUT2D eigenvalue weighted by Gasteiger charge is -2.03. The van der Waals surface area contributed by atoms with Gasteiger partial charge in [-0.05, 0) is 18.6 Å². The SMILES string of the molecule is COCCCOCCSCCCCl.